The summed E-state index contributed by atoms with van der Waals surface area (Å²) in [5, 5.41) is 18.8. The number of unbranched alkanes of at least 4 members (excludes halogenated alkanes) is 1. The van der Waals surface area contributed by atoms with Crippen LogP contribution in [0.1, 0.15) is 105 Å². The topological polar surface area (TPSA) is 74.6 Å². The van der Waals surface area contributed by atoms with Gasteiger partial charge in [0.05, 0.1) is 6.10 Å². The Morgan fingerprint density at radius 1 is 0.880 bits per heavy atom. The number of carbonyl (C=O) groups is 2. The second-order valence-electron chi connectivity index (χ2n) is 9.11. The van der Waals surface area contributed by atoms with E-state index in [2.05, 4.69) is 20.8 Å². The predicted octanol–water partition coefficient (Wildman–Crippen LogP) is 5.36. The lowest BCUT2D eigenvalue weighted by atomic mass is 9.81. The Hall–Kier alpha value is -0.900. The molecule has 0 rings (SSSR count). The van der Waals surface area contributed by atoms with Gasteiger partial charge in [-0.15, -0.1) is 0 Å². The molecule has 4 heteroatoms. The molecule has 4 nitrogen and oxygen atoms in total. The third-order valence-corrected chi connectivity index (χ3v) is 5.12. The number of carbonyl (C=O) groups excluding carboxylic acids is 1. The molecule has 0 aromatic heterocycles. The Balaban J connectivity index is 3.93. The van der Waals surface area contributed by atoms with Crippen molar-refractivity contribution in [2.45, 2.75) is 111 Å². The van der Waals surface area contributed by atoms with Gasteiger partial charge in [0, 0.05) is 19.3 Å². The van der Waals surface area contributed by atoms with E-state index in [9.17, 15) is 14.7 Å². The molecule has 0 aliphatic carbocycles. The predicted molar refractivity (Wildman–Crippen MR) is 103 cm³/mol. The maximum absolute atomic E-state index is 12.0. The van der Waals surface area contributed by atoms with Gasteiger partial charge in [-0.25, -0.2) is 0 Å². The van der Waals surface area contributed by atoms with Gasteiger partial charge < -0.3 is 10.2 Å². The highest BCUT2D eigenvalue weighted by atomic mass is 16.4. The summed E-state index contributed by atoms with van der Waals surface area (Å²) in [7, 11) is 0. The van der Waals surface area contributed by atoms with Crippen LogP contribution in [0.2, 0.25) is 0 Å². The van der Waals surface area contributed by atoms with Crippen molar-refractivity contribution in [3.05, 3.63) is 0 Å². The minimum atomic E-state index is -0.786. The molecule has 0 fully saturated rings. The largest absolute Gasteiger partial charge is 0.481 e. The number of aliphatic hydroxyl groups is 1. The van der Waals surface area contributed by atoms with Crippen LogP contribution < -0.4 is 0 Å². The first-order valence-electron chi connectivity index (χ1n) is 9.89. The van der Waals surface area contributed by atoms with Crippen molar-refractivity contribution in [1.82, 2.24) is 0 Å². The normalized spacial score (nSPS) is 13.7. The molecular weight excluding hydrogens is 316 g/mol. The second kappa shape index (κ2) is 11.7. The number of aliphatic carboxylic acids is 1. The van der Waals surface area contributed by atoms with E-state index in [1.807, 2.05) is 13.8 Å². The van der Waals surface area contributed by atoms with Crippen molar-refractivity contribution in [3.8, 4) is 0 Å². The average molecular weight is 357 g/mol. The van der Waals surface area contributed by atoms with Gasteiger partial charge in [0.2, 0.25) is 0 Å². The van der Waals surface area contributed by atoms with E-state index in [-0.39, 0.29) is 24.0 Å². The standard InChI is InChI=1S/C21H40O4/c1-6-12-20(2,3)13-8-7-9-17(22)16-18(23)10-14-21(4,5)15-11-19(24)25/h18,23H,6-16H2,1-5H3,(H,24,25). The Morgan fingerprint density at radius 3 is 2.04 bits per heavy atom. The fourth-order valence-electron chi connectivity index (χ4n) is 3.32. The summed E-state index contributed by atoms with van der Waals surface area (Å²) >= 11 is 0. The van der Waals surface area contributed by atoms with E-state index < -0.39 is 12.1 Å². The maximum atomic E-state index is 12.0. The van der Waals surface area contributed by atoms with Gasteiger partial charge in [-0.1, -0.05) is 47.5 Å². The Labute approximate surface area is 154 Å². The van der Waals surface area contributed by atoms with Crippen LogP contribution in [0.15, 0.2) is 0 Å². The van der Waals surface area contributed by atoms with E-state index in [0.29, 0.717) is 24.7 Å². The van der Waals surface area contributed by atoms with Gasteiger partial charge >= 0.3 is 5.97 Å². The van der Waals surface area contributed by atoms with Crippen molar-refractivity contribution in [2.75, 3.05) is 0 Å². The quantitative estimate of drug-likeness (QED) is 0.387. The molecule has 0 heterocycles. The third kappa shape index (κ3) is 14.0. The van der Waals surface area contributed by atoms with Gasteiger partial charge in [-0.05, 0) is 49.4 Å². The number of hydrogen-bond donors (Lipinski definition) is 2. The van der Waals surface area contributed by atoms with Crippen molar-refractivity contribution < 1.29 is 19.8 Å². The molecule has 0 amide bonds. The van der Waals surface area contributed by atoms with E-state index in [1.165, 1.54) is 12.8 Å². The molecule has 0 aromatic rings. The first kappa shape index (κ1) is 24.1. The van der Waals surface area contributed by atoms with Gasteiger partial charge in [0.1, 0.15) is 5.78 Å². The summed E-state index contributed by atoms with van der Waals surface area (Å²) in [5.41, 5.74) is 0.242. The number of Topliss-reactive ketones (excluding diaryl/α,β-unsaturated/α-hetero) is 1. The summed E-state index contributed by atoms with van der Waals surface area (Å²) in [6, 6.07) is 0. The van der Waals surface area contributed by atoms with Crippen LogP contribution in [0, 0.1) is 10.8 Å². The fraction of sp³-hybridized carbons (Fsp3) is 0.905. The zero-order valence-corrected chi connectivity index (χ0v) is 17.1. The highest BCUT2D eigenvalue weighted by Crippen LogP contribution is 2.30. The molecule has 25 heavy (non-hydrogen) atoms. The van der Waals surface area contributed by atoms with Crippen LogP contribution in [0.5, 0.6) is 0 Å². The molecule has 2 N–H and O–H groups in total. The SMILES string of the molecule is CCCC(C)(C)CCCCC(=O)CC(O)CCC(C)(C)CCC(=O)O. The van der Waals surface area contributed by atoms with Crippen LogP contribution in [0.3, 0.4) is 0 Å². The number of ketones is 1. The van der Waals surface area contributed by atoms with Crippen LogP contribution in [-0.4, -0.2) is 28.1 Å². The van der Waals surface area contributed by atoms with Crippen LogP contribution in [0.4, 0.5) is 0 Å². The van der Waals surface area contributed by atoms with Crippen molar-refractivity contribution in [1.29, 1.82) is 0 Å². The number of hydrogen-bond acceptors (Lipinski definition) is 3. The molecule has 0 aliphatic heterocycles. The molecule has 0 aliphatic rings. The number of aliphatic hydroxyl groups excluding tert-OH is 1. The van der Waals surface area contributed by atoms with Crippen molar-refractivity contribution in [2.24, 2.45) is 10.8 Å². The zero-order chi connectivity index (χ0) is 19.5. The number of rotatable bonds is 15. The summed E-state index contributed by atoms with van der Waals surface area (Å²) in [4.78, 5) is 22.7. The highest BCUT2D eigenvalue weighted by molar-refractivity contribution is 5.78. The lowest BCUT2D eigenvalue weighted by Crippen LogP contribution is -2.19. The summed E-state index contributed by atoms with van der Waals surface area (Å²) < 4.78 is 0. The maximum Gasteiger partial charge on any atom is 0.303 e. The van der Waals surface area contributed by atoms with Crippen molar-refractivity contribution in [3.63, 3.8) is 0 Å². The van der Waals surface area contributed by atoms with Crippen LogP contribution in [-0.2, 0) is 9.59 Å². The average Bonchev–Trinajstić information content (AvgIpc) is 2.48. The molecule has 0 aromatic carbocycles. The molecule has 148 valence electrons. The van der Waals surface area contributed by atoms with Crippen LogP contribution >= 0.6 is 0 Å². The lowest BCUT2D eigenvalue weighted by Gasteiger charge is -2.25. The second-order valence-corrected chi connectivity index (χ2v) is 9.11. The number of carboxylic acid groups (broad SMARTS) is 1. The molecular formula is C21H40O4. The number of carboxylic acids is 1. The smallest absolute Gasteiger partial charge is 0.303 e. The highest BCUT2D eigenvalue weighted by Gasteiger charge is 2.22. The van der Waals surface area contributed by atoms with E-state index >= 15 is 0 Å². The van der Waals surface area contributed by atoms with Crippen LogP contribution in [0.25, 0.3) is 0 Å². The Bertz CT molecular complexity index is 399. The van der Waals surface area contributed by atoms with Gasteiger partial charge in [-0.3, -0.25) is 9.59 Å². The molecule has 0 radical (unpaired) electrons. The Kier molecular flexibility index (Phi) is 11.2. The molecule has 1 atom stereocenters. The monoisotopic (exact) mass is 356 g/mol. The minimum Gasteiger partial charge on any atom is -0.481 e. The van der Waals surface area contributed by atoms with E-state index in [1.54, 1.807) is 0 Å². The van der Waals surface area contributed by atoms with Gasteiger partial charge in [0.15, 0.2) is 0 Å². The third-order valence-electron chi connectivity index (χ3n) is 5.12. The summed E-state index contributed by atoms with van der Waals surface area (Å²) in [5.74, 6) is -0.643. The Morgan fingerprint density at radius 2 is 1.48 bits per heavy atom. The zero-order valence-electron chi connectivity index (χ0n) is 17.1. The van der Waals surface area contributed by atoms with Gasteiger partial charge in [-0.2, -0.15) is 0 Å². The lowest BCUT2D eigenvalue weighted by molar-refractivity contribution is -0.137. The first-order chi connectivity index (χ1) is 11.5. The van der Waals surface area contributed by atoms with Crippen molar-refractivity contribution >= 4 is 11.8 Å². The van der Waals surface area contributed by atoms with E-state index in [4.69, 9.17) is 5.11 Å². The molecule has 0 saturated carbocycles. The molecule has 0 bridgehead atoms. The molecule has 0 spiro atoms. The summed E-state index contributed by atoms with van der Waals surface area (Å²) in [6.07, 6.45) is 7.75. The van der Waals surface area contributed by atoms with E-state index in [0.717, 1.165) is 25.7 Å². The molecule has 0 saturated heterocycles. The van der Waals surface area contributed by atoms with Gasteiger partial charge in [0.25, 0.3) is 0 Å². The fourth-order valence-corrected chi connectivity index (χ4v) is 3.32. The molecule has 1 unspecified atom stereocenters. The minimum absolute atomic E-state index is 0.118. The first-order valence-corrected chi connectivity index (χ1v) is 9.89. The summed E-state index contributed by atoms with van der Waals surface area (Å²) in [6.45, 7) is 10.8.